The minimum atomic E-state index is -0.248. The van der Waals surface area contributed by atoms with Gasteiger partial charge in [0, 0.05) is 0 Å². The number of epoxide rings is 1. The molecule has 2 atom stereocenters. The zero-order valence-corrected chi connectivity index (χ0v) is 10.7. The summed E-state index contributed by atoms with van der Waals surface area (Å²) in [6.07, 6.45) is 0.977. The van der Waals surface area contributed by atoms with Crippen molar-refractivity contribution in [3.63, 3.8) is 0 Å². The quantitative estimate of drug-likeness (QED) is 0.774. The summed E-state index contributed by atoms with van der Waals surface area (Å²) in [5.41, 5.74) is 0.864. The van der Waals surface area contributed by atoms with Crippen LogP contribution in [0.3, 0.4) is 0 Å². The fourth-order valence-corrected chi connectivity index (χ4v) is 2.10. The number of hydrogen-bond acceptors (Lipinski definition) is 2. The van der Waals surface area contributed by atoms with E-state index in [1.54, 1.807) is 6.07 Å². The van der Waals surface area contributed by atoms with E-state index in [0.717, 1.165) is 18.6 Å². The van der Waals surface area contributed by atoms with Crippen molar-refractivity contribution >= 4 is 15.9 Å². The van der Waals surface area contributed by atoms with Gasteiger partial charge in [-0.3, -0.25) is 0 Å². The molecule has 0 aromatic heterocycles. The highest BCUT2D eigenvalue weighted by molar-refractivity contribution is 9.10. The number of hydrogen-bond donors (Lipinski definition) is 0. The number of halogens is 2. The summed E-state index contributed by atoms with van der Waals surface area (Å²) in [5, 5.41) is 0. The molecule has 1 saturated heterocycles. The Balaban J connectivity index is 2.08. The molecule has 1 heterocycles. The monoisotopic (exact) mass is 288 g/mol. The molecule has 1 unspecified atom stereocenters. The molecule has 0 spiro atoms. The molecule has 1 aromatic rings. The van der Waals surface area contributed by atoms with Gasteiger partial charge in [-0.05, 0) is 34.0 Å². The van der Waals surface area contributed by atoms with E-state index in [9.17, 15) is 4.39 Å². The lowest BCUT2D eigenvalue weighted by Gasteiger charge is -2.17. The van der Waals surface area contributed by atoms with Crippen LogP contribution in [0.25, 0.3) is 0 Å². The minimum absolute atomic E-state index is 0.0747. The number of benzene rings is 1. The van der Waals surface area contributed by atoms with E-state index in [1.807, 2.05) is 13.0 Å². The fraction of sp³-hybridized carbons (Fsp3) is 0.500. The Kier molecular flexibility index (Phi) is 3.95. The van der Waals surface area contributed by atoms with Crippen molar-refractivity contribution in [2.75, 3.05) is 13.2 Å². The van der Waals surface area contributed by atoms with E-state index in [-0.39, 0.29) is 18.0 Å². The average molecular weight is 289 g/mol. The van der Waals surface area contributed by atoms with Gasteiger partial charge < -0.3 is 9.47 Å². The van der Waals surface area contributed by atoms with Gasteiger partial charge in [0.15, 0.2) is 0 Å². The van der Waals surface area contributed by atoms with Gasteiger partial charge in [-0.2, -0.15) is 0 Å². The van der Waals surface area contributed by atoms with E-state index in [4.69, 9.17) is 9.47 Å². The van der Waals surface area contributed by atoms with Gasteiger partial charge in [0.2, 0.25) is 0 Å². The van der Waals surface area contributed by atoms with Gasteiger partial charge in [0.1, 0.15) is 11.9 Å². The molecule has 4 heteroatoms. The first kappa shape index (κ1) is 12.0. The molecule has 2 rings (SSSR count). The third-order valence-electron chi connectivity index (χ3n) is 2.58. The van der Waals surface area contributed by atoms with Crippen LogP contribution in [-0.4, -0.2) is 19.3 Å². The summed E-state index contributed by atoms with van der Waals surface area (Å²) in [5.74, 6) is -0.248. The third kappa shape index (κ3) is 2.81. The Morgan fingerprint density at radius 3 is 3.00 bits per heavy atom. The van der Waals surface area contributed by atoms with Crippen molar-refractivity contribution < 1.29 is 13.9 Å². The molecule has 16 heavy (non-hydrogen) atoms. The van der Waals surface area contributed by atoms with Crippen LogP contribution in [0.1, 0.15) is 25.0 Å². The fourth-order valence-electron chi connectivity index (χ4n) is 1.58. The third-order valence-corrected chi connectivity index (χ3v) is 3.42. The van der Waals surface area contributed by atoms with Crippen molar-refractivity contribution in [3.05, 3.63) is 34.1 Å². The van der Waals surface area contributed by atoms with Crippen molar-refractivity contribution in [1.82, 2.24) is 0 Å². The molecule has 1 aliphatic heterocycles. The molecule has 0 N–H and O–H groups in total. The van der Waals surface area contributed by atoms with E-state index in [2.05, 4.69) is 15.9 Å². The minimum Gasteiger partial charge on any atom is -0.371 e. The molecular formula is C12H14BrFO2. The molecule has 0 amide bonds. The first-order valence-electron chi connectivity index (χ1n) is 5.39. The normalized spacial score (nSPS) is 20.8. The lowest BCUT2D eigenvalue weighted by molar-refractivity contribution is 0.0388. The van der Waals surface area contributed by atoms with E-state index in [1.165, 1.54) is 6.07 Å². The molecule has 0 bridgehead atoms. The van der Waals surface area contributed by atoms with Crippen LogP contribution in [0.2, 0.25) is 0 Å². The average Bonchev–Trinajstić information content (AvgIpc) is 3.08. The second kappa shape index (κ2) is 5.25. The molecule has 0 radical (unpaired) electrons. The number of rotatable bonds is 5. The Morgan fingerprint density at radius 2 is 2.38 bits per heavy atom. The first-order valence-corrected chi connectivity index (χ1v) is 6.18. The summed E-state index contributed by atoms with van der Waals surface area (Å²) in [4.78, 5) is 0. The standard InChI is InChI=1S/C12H14BrFO2/c1-2-11(16-7-8-6-15-8)9-4-3-5-10(14)12(9)13/h3-5,8,11H,2,6-7H2,1H3/t8?,11-/m1/s1. The highest BCUT2D eigenvalue weighted by Crippen LogP contribution is 2.31. The molecule has 2 nitrogen and oxygen atoms in total. The Hall–Kier alpha value is -0.450. The second-order valence-electron chi connectivity index (χ2n) is 3.83. The smallest absolute Gasteiger partial charge is 0.137 e. The van der Waals surface area contributed by atoms with Crippen LogP contribution >= 0.6 is 15.9 Å². The van der Waals surface area contributed by atoms with Gasteiger partial charge >= 0.3 is 0 Å². The van der Waals surface area contributed by atoms with Crippen LogP contribution in [0, 0.1) is 5.82 Å². The van der Waals surface area contributed by atoms with Gasteiger partial charge in [-0.15, -0.1) is 0 Å². The zero-order chi connectivity index (χ0) is 11.5. The van der Waals surface area contributed by atoms with E-state index >= 15 is 0 Å². The molecular weight excluding hydrogens is 275 g/mol. The van der Waals surface area contributed by atoms with Crippen molar-refractivity contribution in [3.8, 4) is 0 Å². The van der Waals surface area contributed by atoms with Crippen molar-refractivity contribution in [2.24, 2.45) is 0 Å². The Labute approximate surface area is 103 Å². The highest BCUT2D eigenvalue weighted by Gasteiger charge is 2.25. The molecule has 0 aliphatic carbocycles. The maximum atomic E-state index is 13.4. The predicted octanol–water partition coefficient (Wildman–Crippen LogP) is 3.45. The topological polar surface area (TPSA) is 21.8 Å². The van der Waals surface area contributed by atoms with Gasteiger partial charge in [-0.1, -0.05) is 19.1 Å². The summed E-state index contributed by atoms with van der Waals surface area (Å²) in [6.45, 7) is 3.39. The summed E-state index contributed by atoms with van der Waals surface area (Å²) >= 11 is 3.26. The lowest BCUT2D eigenvalue weighted by Crippen LogP contribution is -2.09. The SMILES string of the molecule is CC[C@@H](OCC1CO1)c1cccc(F)c1Br. The largest absolute Gasteiger partial charge is 0.371 e. The molecule has 1 aromatic carbocycles. The molecule has 0 saturated carbocycles. The lowest BCUT2D eigenvalue weighted by atomic mass is 10.1. The van der Waals surface area contributed by atoms with E-state index in [0.29, 0.717) is 11.1 Å². The second-order valence-corrected chi connectivity index (χ2v) is 4.62. The van der Waals surface area contributed by atoms with Crippen LogP contribution in [0.5, 0.6) is 0 Å². The van der Waals surface area contributed by atoms with Crippen LogP contribution < -0.4 is 0 Å². The van der Waals surface area contributed by atoms with E-state index < -0.39 is 0 Å². The highest BCUT2D eigenvalue weighted by atomic mass is 79.9. The van der Waals surface area contributed by atoms with Crippen LogP contribution in [-0.2, 0) is 9.47 Å². The number of ether oxygens (including phenoxy) is 2. The molecule has 88 valence electrons. The Morgan fingerprint density at radius 1 is 1.62 bits per heavy atom. The molecule has 1 aliphatic rings. The summed E-state index contributed by atoms with van der Waals surface area (Å²) < 4.78 is 24.7. The van der Waals surface area contributed by atoms with Crippen LogP contribution in [0.4, 0.5) is 4.39 Å². The van der Waals surface area contributed by atoms with Crippen molar-refractivity contribution in [1.29, 1.82) is 0 Å². The summed E-state index contributed by atoms with van der Waals surface area (Å²) in [6, 6.07) is 5.02. The molecule has 1 fully saturated rings. The maximum Gasteiger partial charge on any atom is 0.137 e. The van der Waals surface area contributed by atoms with Crippen LogP contribution in [0.15, 0.2) is 22.7 Å². The predicted molar refractivity (Wildman–Crippen MR) is 62.8 cm³/mol. The van der Waals surface area contributed by atoms with Gasteiger partial charge in [0.25, 0.3) is 0 Å². The van der Waals surface area contributed by atoms with Gasteiger partial charge in [-0.25, -0.2) is 4.39 Å². The van der Waals surface area contributed by atoms with Gasteiger partial charge in [0.05, 0.1) is 23.8 Å². The first-order chi connectivity index (χ1) is 7.72. The maximum absolute atomic E-state index is 13.4. The summed E-state index contributed by atoms with van der Waals surface area (Å²) in [7, 11) is 0. The Bertz CT molecular complexity index is 366. The zero-order valence-electron chi connectivity index (χ0n) is 9.08. The van der Waals surface area contributed by atoms with Crippen molar-refractivity contribution in [2.45, 2.75) is 25.6 Å².